The monoisotopic (exact) mass is 274 g/mol. The minimum absolute atomic E-state index is 0.0879. The van der Waals surface area contributed by atoms with Crippen LogP contribution in [0.3, 0.4) is 0 Å². The number of carboxylic acids is 2. The van der Waals surface area contributed by atoms with Crippen molar-refractivity contribution in [2.24, 2.45) is 0 Å². The van der Waals surface area contributed by atoms with Crippen LogP contribution >= 0.6 is 0 Å². The lowest BCUT2D eigenvalue weighted by Crippen LogP contribution is -2.10. The number of nitrogens with zero attached hydrogens (tertiary/aromatic N) is 2. The Hall–Kier alpha value is -2.63. The van der Waals surface area contributed by atoms with Gasteiger partial charge in [0.2, 0.25) is 0 Å². The number of para-hydroxylation sites is 1. The van der Waals surface area contributed by atoms with Gasteiger partial charge in [-0.05, 0) is 18.6 Å². The van der Waals surface area contributed by atoms with E-state index < -0.39 is 11.9 Å². The Labute approximate surface area is 115 Å². The van der Waals surface area contributed by atoms with E-state index >= 15 is 0 Å². The SMILES string of the molecule is CCCc1c(C(=O)O)cnn1-c1ccccc1C(=O)O. The van der Waals surface area contributed by atoms with Crippen LogP contribution in [0.15, 0.2) is 30.5 Å². The van der Waals surface area contributed by atoms with E-state index in [9.17, 15) is 14.7 Å². The second-order valence-electron chi connectivity index (χ2n) is 4.29. The highest BCUT2D eigenvalue weighted by molar-refractivity contribution is 5.92. The largest absolute Gasteiger partial charge is 0.478 e. The molecule has 0 fully saturated rings. The van der Waals surface area contributed by atoms with Crippen molar-refractivity contribution in [3.8, 4) is 5.69 Å². The van der Waals surface area contributed by atoms with Gasteiger partial charge in [-0.2, -0.15) is 5.10 Å². The zero-order chi connectivity index (χ0) is 14.7. The lowest BCUT2D eigenvalue weighted by Gasteiger charge is -2.10. The number of hydrogen-bond donors (Lipinski definition) is 2. The maximum absolute atomic E-state index is 11.2. The molecule has 20 heavy (non-hydrogen) atoms. The molecule has 0 aliphatic carbocycles. The molecule has 0 aliphatic rings. The fourth-order valence-corrected chi connectivity index (χ4v) is 2.08. The van der Waals surface area contributed by atoms with Crippen LogP contribution in [0.5, 0.6) is 0 Å². The minimum atomic E-state index is -1.07. The van der Waals surface area contributed by atoms with Crippen LogP contribution < -0.4 is 0 Å². The number of rotatable bonds is 5. The topological polar surface area (TPSA) is 92.4 Å². The molecule has 0 saturated carbocycles. The van der Waals surface area contributed by atoms with E-state index in [1.54, 1.807) is 18.2 Å². The first-order valence-electron chi connectivity index (χ1n) is 6.19. The highest BCUT2D eigenvalue weighted by atomic mass is 16.4. The maximum atomic E-state index is 11.2. The predicted molar refractivity (Wildman–Crippen MR) is 71.5 cm³/mol. The van der Waals surface area contributed by atoms with Gasteiger partial charge in [0, 0.05) is 0 Å². The number of carboxylic acid groups (broad SMARTS) is 2. The predicted octanol–water partition coefficient (Wildman–Crippen LogP) is 2.22. The maximum Gasteiger partial charge on any atom is 0.339 e. The highest BCUT2D eigenvalue weighted by Crippen LogP contribution is 2.20. The first kappa shape index (κ1) is 13.8. The molecule has 2 N–H and O–H groups in total. The molecule has 0 bridgehead atoms. The Morgan fingerprint density at radius 2 is 1.80 bits per heavy atom. The van der Waals surface area contributed by atoms with Gasteiger partial charge >= 0.3 is 11.9 Å². The molecule has 6 heteroatoms. The lowest BCUT2D eigenvalue weighted by molar-refractivity contribution is 0.0686. The van der Waals surface area contributed by atoms with Gasteiger partial charge in [-0.15, -0.1) is 0 Å². The van der Waals surface area contributed by atoms with Crippen molar-refractivity contribution < 1.29 is 19.8 Å². The van der Waals surface area contributed by atoms with Crippen LogP contribution in [0, 0.1) is 0 Å². The van der Waals surface area contributed by atoms with Crippen molar-refractivity contribution in [3.05, 3.63) is 47.3 Å². The summed E-state index contributed by atoms with van der Waals surface area (Å²) in [5.41, 5.74) is 1.07. The fraction of sp³-hybridized carbons (Fsp3) is 0.214. The summed E-state index contributed by atoms with van der Waals surface area (Å²) >= 11 is 0. The number of benzene rings is 1. The molecule has 0 amide bonds. The number of hydrogen-bond acceptors (Lipinski definition) is 3. The van der Waals surface area contributed by atoms with Crippen molar-refractivity contribution in [2.45, 2.75) is 19.8 Å². The Balaban J connectivity index is 2.64. The quantitative estimate of drug-likeness (QED) is 0.872. The molecule has 1 heterocycles. The first-order chi connectivity index (χ1) is 9.56. The van der Waals surface area contributed by atoms with Gasteiger partial charge in [0.25, 0.3) is 0 Å². The third kappa shape index (κ3) is 2.40. The van der Waals surface area contributed by atoms with Crippen molar-refractivity contribution in [3.63, 3.8) is 0 Å². The van der Waals surface area contributed by atoms with Crippen LogP contribution in [0.25, 0.3) is 5.69 Å². The van der Waals surface area contributed by atoms with Crippen LogP contribution in [0.1, 0.15) is 39.8 Å². The third-order valence-corrected chi connectivity index (χ3v) is 2.95. The summed E-state index contributed by atoms with van der Waals surface area (Å²) in [5, 5.41) is 22.4. The van der Waals surface area contributed by atoms with E-state index in [0.29, 0.717) is 17.8 Å². The van der Waals surface area contributed by atoms with Crippen LogP contribution in [0.2, 0.25) is 0 Å². The van der Waals surface area contributed by atoms with E-state index in [0.717, 1.165) is 6.42 Å². The lowest BCUT2D eigenvalue weighted by atomic mass is 10.1. The molecule has 0 saturated heterocycles. The minimum Gasteiger partial charge on any atom is -0.478 e. The van der Waals surface area contributed by atoms with Crippen molar-refractivity contribution in [2.75, 3.05) is 0 Å². The summed E-state index contributed by atoms with van der Waals surface area (Å²) in [6.45, 7) is 1.92. The second kappa shape index (κ2) is 5.56. The molecular weight excluding hydrogens is 260 g/mol. The van der Waals surface area contributed by atoms with Crippen LogP contribution in [-0.2, 0) is 6.42 Å². The zero-order valence-electron chi connectivity index (χ0n) is 10.9. The van der Waals surface area contributed by atoms with Gasteiger partial charge in [0.15, 0.2) is 0 Å². The number of aromatic carboxylic acids is 2. The summed E-state index contributed by atoms with van der Waals surface area (Å²) in [7, 11) is 0. The van der Waals surface area contributed by atoms with Gasteiger partial charge in [-0.25, -0.2) is 14.3 Å². The van der Waals surface area contributed by atoms with E-state index in [2.05, 4.69) is 5.10 Å². The van der Waals surface area contributed by atoms with Gasteiger partial charge in [-0.3, -0.25) is 0 Å². The number of carbonyl (C=O) groups is 2. The first-order valence-corrected chi connectivity index (χ1v) is 6.19. The van der Waals surface area contributed by atoms with Gasteiger partial charge < -0.3 is 10.2 Å². The molecule has 104 valence electrons. The Kier molecular flexibility index (Phi) is 3.84. The van der Waals surface area contributed by atoms with Crippen LogP contribution in [0.4, 0.5) is 0 Å². The van der Waals surface area contributed by atoms with E-state index in [-0.39, 0.29) is 11.1 Å². The molecule has 1 aromatic heterocycles. The van der Waals surface area contributed by atoms with E-state index in [4.69, 9.17) is 5.11 Å². The molecular formula is C14H14N2O4. The van der Waals surface area contributed by atoms with Crippen molar-refractivity contribution in [1.29, 1.82) is 0 Å². The molecule has 0 radical (unpaired) electrons. The van der Waals surface area contributed by atoms with E-state index in [1.165, 1.54) is 16.9 Å². The molecule has 2 aromatic rings. The average molecular weight is 274 g/mol. The third-order valence-electron chi connectivity index (χ3n) is 2.95. The number of aromatic nitrogens is 2. The summed E-state index contributed by atoms with van der Waals surface area (Å²) in [4.78, 5) is 22.4. The van der Waals surface area contributed by atoms with Gasteiger partial charge in [0.05, 0.1) is 23.1 Å². The van der Waals surface area contributed by atoms with E-state index in [1.807, 2.05) is 6.92 Å². The smallest absolute Gasteiger partial charge is 0.339 e. The van der Waals surface area contributed by atoms with Crippen molar-refractivity contribution >= 4 is 11.9 Å². The second-order valence-corrected chi connectivity index (χ2v) is 4.29. The summed E-state index contributed by atoms with van der Waals surface area (Å²) in [6, 6.07) is 6.39. The Bertz CT molecular complexity index is 661. The molecule has 2 rings (SSSR count). The molecule has 1 aromatic carbocycles. The van der Waals surface area contributed by atoms with Gasteiger partial charge in [-0.1, -0.05) is 25.5 Å². The van der Waals surface area contributed by atoms with Gasteiger partial charge in [0.1, 0.15) is 5.56 Å². The van der Waals surface area contributed by atoms with Crippen molar-refractivity contribution in [1.82, 2.24) is 9.78 Å². The fourth-order valence-electron chi connectivity index (χ4n) is 2.08. The Morgan fingerprint density at radius 1 is 1.15 bits per heavy atom. The average Bonchev–Trinajstić information content (AvgIpc) is 2.83. The summed E-state index contributed by atoms with van der Waals surface area (Å²) in [6.07, 6.45) is 2.50. The summed E-state index contributed by atoms with van der Waals surface area (Å²) in [5.74, 6) is -2.14. The molecule has 0 aliphatic heterocycles. The zero-order valence-corrected chi connectivity index (χ0v) is 10.9. The molecule has 0 unspecified atom stereocenters. The van der Waals surface area contributed by atoms with Crippen LogP contribution in [-0.4, -0.2) is 31.9 Å². The highest BCUT2D eigenvalue weighted by Gasteiger charge is 2.20. The standard InChI is InChI=1S/C14H14N2O4/c1-2-5-11-10(14(19)20)8-15-16(11)12-7-4-3-6-9(12)13(17)18/h3-4,6-8H,2,5H2,1H3,(H,17,18)(H,19,20). The molecule has 0 spiro atoms. The summed E-state index contributed by atoms with van der Waals surface area (Å²) < 4.78 is 1.40. The Morgan fingerprint density at radius 3 is 2.40 bits per heavy atom. The molecule has 6 nitrogen and oxygen atoms in total. The normalized spacial score (nSPS) is 10.4. The molecule has 0 atom stereocenters.